The number of fused-ring (bicyclic) bond motifs is 2. The second-order valence-electron chi connectivity index (χ2n) is 4.15. The van der Waals surface area contributed by atoms with Crippen LogP contribution in [0.3, 0.4) is 0 Å². The molecule has 0 saturated heterocycles. The van der Waals surface area contributed by atoms with Gasteiger partial charge in [-0.1, -0.05) is 6.42 Å². The average molecular weight is 204 g/mol. The van der Waals surface area contributed by atoms with Gasteiger partial charge in [-0.25, -0.2) is 0 Å². The van der Waals surface area contributed by atoms with Crippen LogP contribution >= 0.6 is 7.60 Å². The van der Waals surface area contributed by atoms with E-state index in [4.69, 9.17) is 9.05 Å². The van der Waals surface area contributed by atoms with Crippen LogP contribution in [0.2, 0.25) is 0 Å². The Morgan fingerprint density at radius 2 is 1.85 bits per heavy atom. The van der Waals surface area contributed by atoms with Crippen molar-refractivity contribution >= 4 is 7.60 Å². The van der Waals surface area contributed by atoms with Gasteiger partial charge < -0.3 is 9.05 Å². The minimum atomic E-state index is -2.77. The molecule has 0 aromatic heterocycles. The Morgan fingerprint density at radius 1 is 1.15 bits per heavy atom. The summed E-state index contributed by atoms with van der Waals surface area (Å²) in [5.41, 5.74) is 0.182. The molecule has 76 valence electrons. The molecule has 2 rings (SSSR count). The van der Waals surface area contributed by atoms with Gasteiger partial charge in [0.1, 0.15) is 0 Å². The highest BCUT2D eigenvalue weighted by Gasteiger charge is 2.49. The molecule has 3 atom stereocenters. The van der Waals surface area contributed by atoms with Crippen LogP contribution in [0.5, 0.6) is 0 Å². The summed E-state index contributed by atoms with van der Waals surface area (Å²) in [6.07, 6.45) is 4.81. The molecule has 0 aromatic rings. The molecule has 0 N–H and O–H groups in total. The minimum absolute atomic E-state index is 0.182. The molecule has 0 aromatic carbocycles. The highest BCUT2D eigenvalue weighted by molar-refractivity contribution is 7.54. The number of hydrogen-bond acceptors (Lipinski definition) is 3. The van der Waals surface area contributed by atoms with Gasteiger partial charge in [0.05, 0.1) is 5.66 Å². The van der Waals surface area contributed by atoms with E-state index in [0.29, 0.717) is 5.92 Å². The molecule has 0 spiro atoms. The highest BCUT2D eigenvalue weighted by Crippen LogP contribution is 2.63. The standard InChI is InChI=1S/C9H17O3P/c1-11-13(10,12-2)9-6-7-3-4-8(9)5-7/h7-9H,3-6H2,1-2H3/t7-,8-,9-/m1/s1. The van der Waals surface area contributed by atoms with E-state index in [1.54, 1.807) is 0 Å². The fourth-order valence-corrected chi connectivity index (χ4v) is 4.98. The van der Waals surface area contributed by atoms with Gasteiger partial charge in [0.25, 0.3) is 0 Å². The van der Waals surface area contributed by atoms with Crippen LogP contribution < -0.4 is 0 Å². The zero-order valence-electron chi connectivity index (χ0n) is 8.23. The summed E-state index contributed by atoms with van der Waals surface area (Å²) in [7, 11) is 0.222. The minimum Gasteiger partial charge on any atom is -0.312 e. The smallest absolute Gasteiger partial charge is 0.312 e. The summed E-state index contributed by atoms with van der Waals surface area (Å²) < 4.78 is 22.2. The molecular formula is C9H17O3P. The van der Waals surface area contributed by atoms with Gasteiger partial charge >= 0.3 is 7.60 Å². The van der Waals surface area contributed by atoms with Gasteiger partial charge in [-0.3, -0.25) is 4.57 Å². The Balaban J connectivity index is 2.13. The first kappa shape index (κ1) is 9.70. The highest BCUT2D eigenvalue weighted by atomic mass is 31.2. The van der Waals surface area contributed by atoms with E-state index in [9.17, 15) is 4.57 Å². The lowest BCUT2D eigenvalue weighted by Gasteiger charge is -2.27. The maximum atomic E-state index is 12.1. The van der Waals surface area contributed by atoms with Crippen molar-refractivity contribution in [3.05, 3.63) is 0 Å². The third-order valence-electron chi connectivity index (χ3n) is 3.62. The van der Waals surface area contributed by atoms with Crippen LogP contribution in [0.4, 0.5) is 0 Å². The summed E-state index contributed by atoms with van der Waals surface area (Å²) in [6, 6.07) is 0. The molecule has 2 saturated carbocycles. The zero-order valence-corrected chi connectivity index (χ0v) is 9.13. The van der Waals surface area contributed by atoms with E-state index in [2.05, 4.69) is 0 Å². The van der Waals surface area contributed by atoms with Crippen molar-refractivity contribution in [2.24, 2.45) is 11.8 Å². The van der Waals surface area contributed by atoms with E-state index in [0.717, 1.165) is 12.3 Å². The first-order valence-corrected chi connectivity index (χ1v) is 6.52. The Kier molecular flexibility index (Phi) is 2.52. The lowest BCUT2D eigenvalue weighted by atomic mass is 10.0. The summed E-state index contributed by atoms with van der Waals surface area (Å²) in [4.78, 5) is 0. The second-order valence-corrected chi connectivity index (χ2v) is 6.62. The second kappa shape index (κ2) is 3.38. The van der Waals surface area contributed by atoms with E-state index in [1.807, 2.05) is 0 Å². The van der Waals surface area contributed by atoms with Crippen molar-refractivity contribution in [3.63, 3.8) is 0 Å². The quantitative estimate of drug-likeness (QED) is 0.663. The summed E-state index contributed by atoms with van der Waals surface area (Å²) >= 11 is 0. The zero-order chi connectivity index (χ0) is 9.47. The molecular weight excluding hydrogens is 187 g/mol. The molecule has 2 aliphatic rings. The van der Waals surface area contributed by atoms with E-state index in [1.165, 1.54) is 33.5 Å². The monoisotopic (exact) mass is 204 g/mol. The average Bonchev–Trinajstić information content (AvgIpc) is 2.77. The topological polar surface area (TPSA) is 35.5 Å². The molecule has 2 bridgehead atoms. The third-order valence-corrected chi connectivity index (χ3v) is 6.08. The fourth-order valence-electron chi connectivity index (χ4n) is 2.94. The summed E-state index contributed by atoms with van der Waals surface area (Å²) in [6.45, 7) is 0. The molecule has 2 aliphatic carbocycles. The van der Waals surface area contributed by atoms with Crippen molar-refractivity contribution in [3.8, 4) is 0 Å². The fraction of sp³-hybridized carbons (Fsp3) is 1.00. The van der Waals surface area contributed by atoms with Crippen molar-refractivity contribution in [1.82, 2.24) is 0 Å². The summed E-state index contributed by atoms with van der Waals surface area (Å²) in [5.74, 6) is 1.38. The largest absolute Gasteiger partial charge is 0.333 e. The van der Waals surface area contributed by atoms with E-state index in [-0.39, 0.29) is 5.66 Å². The number of rotatable bonds is 3. The lowest BCUT2D eigenvalue weighted by molar-refractivity contribution is 0.252. The molecule has 0 aliphatic heterocycles. The predicted molar refractivity (Wildman–Crippen MR) is 50.9 cm³/mol. The summed E-state index contributed by atoms with van der Waals surface area (Å²) in [5, 5.41) is 0. The van der Waals surface area contributed by atoms with Gasteiger partial charge in [-0.15, -0.1) is 0 Å². The number of hydrogen-bond donors (Lipinski definition) is 0. The molecule has 0 amide bonds. The van der Waals surface area contributed by atoms with Crippen molar-refractivity contribution < 1.29 is 13.6 Å². The Morgan fingerprint density at radius 3 is 2.23 bits per heavy atom. The van der Waals surface area contributed by atoms with Gasteiger partial charge in [0.15, 0.2) is 0 Å². The van der Waals surface area contributed by atoms with Gasteiger partial charge in [-0.2, -0.15) is 0 Å². The SMILES string of the molecule is COP(=O)(OC)[C@@H]1C[C@@H]2CC[C@@H]1C2. The molecule has 0 radical (unpaired) electrons. The molecule has 0 heterocycles. The Hall–Kier alpha value is 0.150. The van der Waals surface area contributed by atoms with Crippen LogP contribution in [-0.4, -0.2) is 19.9 Å². The van der Waals surface area contributed by atoms with Gasteiger partial charge in [-0.05, 0) is 31.1 Å². The first-order valence-electron chi connectivity index (χ1n) is 4.91. The van der Waals surface area contributed by atoms with Crippen molar-refractivity contribution in [2.75, 3.05) is 14.2 Å². The van der Waals surface area contributed by atoms with Gasteiger partial charge in [0.2, 0.25) is 0 Å². The normalized spacial score (nSPS) is 38.5. The predicted octanol–water partition coefficient (Wildman–Crippen LogP) is 2.66. The van der Waals surface area contributed by atoms with Crippen LogP contribution in [0.1, 0.15) is 25.7 Å². The van der Waals surface area contributed by atoms with Crippen LogP contribution in [-0.2, 0) is 13.6 Å². The third kappa shape index (κ3) is 1.47. The van der Waals surface area contributed by atoms with Crippen molar-refractivity contribution in [2.45, 2.75) is 31.3 Å². The van der Waals surface area contributed by atoms with Crippen LogP contribution in [0.15, 0.2) is 0 Å². The van der Waals surface area contributed by atoms with Crippen LogP contribution in [0, 0.1) is 11.8 Å². The molecule has 13 heavy (non-hydrogen) atoms. The van der Waals surface area contributed by atoms with E-state index >= 15 is 0 Å². The van der Waals surface area contributed by atoms with Gasteiger partial charge in [0, 0.05) is 14.2 Å². The molecule has 0 unspecified atom stereocenters. The van der Waals surface area contributed by atoms with Crippen molar-refractivity contribution in [1.29, 1.82) is 0 Å². The Labute approximate surface area is 79.3 Å². The van der Waals surface area contributed by atoms with E-state index < -0.39 is 7.60 Å². The van der Waals surface area contributed by atoms with Crippen LogP contribution in [0.25, 0.3) is 0 Å². The Bertz CT molecular complexity index is 233. The maximum absolute atomic E-state index is 12.1. The molecule has 3 nitrogen and oxygen atoms in total. The first-order chi connectivity index (χ1) is 6.19. The lowest BCUT2D eigenvalue weighted by Crippen LogP contribution is -2.18. The maximum Gasteiger partial charge on any atom is 0.333 e. The molecule has 2 fully saturated rings. The molecule has 4 heteroatoms.